The van der Waals surface area contributed by atoms with Crippen LogP contribution in [0.4, 0.5) is 4.39 Å². The van der Waals surface area contributed by atoms with Gasteiger partial charge in [0.05, 0.1) is 6.10 Å². The largest absolute Gasteiger partial charge is 0.373 e. The van der Waals surface area contributed by atoms with E-state index in [9.17, 15) is 4.39 Å². The SMILES string of the molecule is CN=C(NCc1ccc(F)cc1)NCC1CCCOC1c1ccc(C)cc1. The molecule has 144 valence electrons. The van der Waals surface area contributed by atoms with Crippen molar-refractivity contribution in [1.82, 2.24) is 10.6 Å². The van der Waals surface area contributed by atoms with Crippen LogP contribution in [0.5, 0.6) is 0 Å². The maximum absolute atomic E-state index is 13.0. The Labute approximate surface area is 160 Å². The van der Waals surface area contributed by atoms with Crippen molar-refractivity contribution in [2.45, 2.75) is 32.4 Å². The first kappa shape index (κ1) is 19.4. The molecule has 2 atom stereocenters. The fourth-order valence-corrected chi connectivity index (χ4v) is 3.41. The molecule has 27 heavy (non-hydrogen) atoms. The van der Waals surface area contributed by atoms with Crippen LogP contribution in [-0.2, 0) is 11.3 Å². The standard InChI is InChI=1S/C22H28FN3O/c1-16-5-9-18(10-6-16)21-19(4-3-13-27-21)15-26-22(24-2)25-14-17-7-11-20(23)12-8-17/h5-12,19,21H,3-4,13-15H2,1-2H3,(H2,24,25,26). The average Bonchev–Trinajstić information content (AvgIpc) is 2.70. The minimum Gasteiger partial charge on any atom is -0.373 e. The van der Waals surface area contributed by atoms with Gasteiger partial charge in [-0.2, -0.15) is 0 Å². The van der Waals surface area contributed by atoms with E-state index in [-0.39, 0.29) is 11.9 Å². The minimum absolute atomic E-state index is 0.113. The molecule has 0 bridgehead atoms. The van der Waals surface area contributed by atoms with E-state index >= 15 is 0 Å². The number of aryl methyl sites for hydroxylation is 1. The third-order valence-corrected chi connectivity index (χ3v) is 4.98. The maximum atomic E-state index is 13.0. The van der Waals surface area contributed by atoms with Crippen molar-refractivity contribution in [3.8, 4) is 0 Å². The number of hydrogen-bond donors (Lipinski definition) is 2. The number of nitrogens with one attached hydrogen (secondary N) is 2. The zero-order valence-corrected chi connectivity index (χ0v) is 16.0. The van der Waals surface area contributed by atoms with E-state index in [4.69, 9.17) is 4.74 Å². The molecule has 2 aromatic rings. The second-order valence-corrected chi connectivity index (χ2v) is 7.04. The number of nitrogens with zero attached hydrogens (tertiary/aromatic N) is 1. The number of guanidine groups is 1. The first-order valence-corrected chi connectivity index (χ1v) is 9.53. The summed E-state index contributed by atoms with van der Waals surface area (Å²) in [4.78, 5) is 4.29. The van der Waals surface area contributed by atoms with E-state index < -0.39 is 0 Å². The van der Waals surface area contributed by atoms with Gasteiger partial charge in [0.15, 0.2) is 5.96 Å². The Bertz CT molecular complexity index is 743. The number of halogens is 1. The molecule has 2 unspecified atom stereocenters. The van der Waals surface area contributed by atoms with E-state index in [0.717, 1.165) is 37.5 Å². The Hall–Kier alpha value is -2.40. The Morgan fingerprint density at radius 3 is 2.56 bits per heavy atom. The average molecular weight is 369 g/mol. The molecule has 3 rings (SSSR count). The number of benzene rings is 2. The summed E-state index contributed by atoms with van der Waals surface area (Å²) in [6, 6.07) is 15.1. The van der Waals surface area contributed by atoms with Crippen LogP contribution in [0, 0.1) is 18.7 Å². The van der Waals surface area contributed by atoms with Crippen LogP contribution in [-0.4, -0.2) is 26.2 Å². The smallest absolute Gasteiger partial charge is 0.191 e. The second kappa shape index (κ2) is 9.51. The molecule has 1 aliphatic rings. The summed E-state index contributed by atoms with van der Waals surface area (Å²) >= 11 is 0. The first-order chi connectivity index (χ1) is 13.2. The van der Waals surface area contributed by atoms with Crippen molar-refractivity contribution >= 4 is 5.96 Å². The highest BCUT2D eigenvalue weighted by molar-refractivity contribution is 5.79. The highest BCUT2D eigenvalue weighted by Crippen LogP contribution is 2.33. The number of ether oxygens (including phenoxy) is 1. The summed E-state index contributed by atoms with van der Waals surface area (Å²) in [5, 5.41) is 6.70. The highest BCUT2D eigenvalue weighted by atomic mass is 19.1. The van der Waals surface area contributed by atoms with E-state index in [2.05, 4.69) is 46.8 Å². The Balaban J connectivity index is 1.55. The van der Waals surface area contributed by atoms with Crippen LogP contribution >= 0.6 is 0 Å². The minimum atomic E-state index is -0.222. The maximum Gasteiger partial charge on any atom is 0.191 e. The van der Waals surface area contributed by atoms with Crippen molar-refractivity contribution in [3.63, 3.8) is 0 Å². The molecule has 2 aromatic carbocycles. The van der Waals surface area contributed by atoms with Crippen molar-refractivity contribution in [3.05, 3.63) is 71.0 Å². The topological polar surface area (TPSA) is 45.7 Å². The van der Waals surface area contributed by atoms with Gasteiger partial charge in [-0.25, -0.2) is 4.39 Å². The van der Waals surface area contributed by atoms with Gasteiger partial charge < -0.3 is 15.4 Å². The Morgan fingerprint density at radius 2 is 1.85 bits per heavy atom. The molecule has 0 amide bonds. The lowest BCUT2D eigenvalue weighted by molar-refractivity contribution is -0.0265. The van der Waals surface area contributed by atoms with Crippen LogP contribution in [0.3, 0.4) is 0 Å². The van der Waals surface area contributed by atoms with Crippen LogP contribution in [0.2, 0.25) is 0 Å². The van der Waals surface area contributed by atoms with Crippen molar-refractivity contribution in [2.75, 3.05) is 20.2 Å². The van der Waals surface area contributed by atoms with Crippen LogP contribution in [0.1, 0.15) is 35.6 Å². The van der Waals surface area contributed by atoms with Crippen molar-refractivity contribution in [1.29, 1.82) is 0 Å². The molecule has 5 heteroatoms. The Kier molecular flexibility index (Phi) is 6.82. The highest BCUT2D eigenvalue weighted by Gasteiger charge is 2.27. The number of aliphatic imine (C=N–C) groups is 1. The fourth-order valence-electron chi connectivity index (χ4n) is 3.41. The fraction of sp³-hybridized carbons (Fsp3) is 0.409. The molecule has 0 aromatic heterocycles. The van der Waals surface area contributed by atoms with Gasteiger partial charge in [0.1, 0.15) is 5.82 Å². The van der Waals surface area contributed by atoms with Gasteiger partial charge in [-0.15, -0.1) is 0 Å². The summed E-state index contributed by atoms with van der Waals surface area (Å²) in [6.07, 6.45) is 2.32. The number of hydrogen-bond acceptors (Lipinski definition) is 2. The predicted molar refractivity (Wildman–Crippen MR) is 107 cm³/mol. The molecule has 0 saturated carbocycles. The lowest BCUT2D eigenvalue weighted by Crippen LogP contribution is -2.41. The number of rotatable bonds is 5. The third-order valence-electron chi connectivity index (χ3n) is 4.98. The van der Waals surface area contributed by atoms with Crippen molar-refractivity contribution in [2.24, 2.45) is 10.9 Å². The summed E-state index contributed by atoms with van der Waals surface area (Å²) < 4.78 is 19.1. The zero-order valence-electron chi connectivity index (χ0n) is 16.0. The van der Waals surface area contributed by atoms with E-state index in [1.54, 1.807) is 19.2 Å². The quantitative estimate of drug-likeness (QED) is 0.619. The summed E-state index contributed by atoms with van der Waals surface area (Å²) in [7, 11) is 1.76. The van der Waals surface area contributed by atoms with Gasteiger partial charge in [-0.1, -0.05) is 42.0 Å². The zero-order chi connectivity index (χ0) is 19.1. The third kappa shape index (κ3) is 5.54. The monoisotopic (exact) mass is 369 g/mol. The molecule has 1 saturated heterocycles. The molecule has 2 N–H and O–H groups in total. The van der Waals surface area contributed by atoms with E-state index in [1.165, 1.54) is 23.3 Å². The van der Waals surface area contributed by atoms with Gasteiger partial charge in [0.2, 0.25) is 0 Å². The van der Waals surface area contributed by atoms with E-state index in [0.29, 0.717) is 12.5 Å². The summed E-state index contributed by atoms with van der Waals surface area (Å²) in [5.74, 6) is 0.916. The molecule has 1 heterocycles. The molecular weight excluding hydrogens is 341 g/mol. The predicted octanol–water partition coefficient (Wildman–Crippen LogP) is 3.97. The normalized spacial score (nSPS) is 20.3. The first-order valence-electron chi connectivity index (χ1n) is 9.53. The van der Waals surface area contributed by atoms with Gasteiger partial charge >= 0.3 is 0 Å². The lowest BCUT2D eigenvalue weighted by atomic mass is 9.89. The second-order valence-electron chi connectivity index (χ2n) is 7.04. The molecule has 1 fully saturated rings. The van der Waals surface area contributed by atoms with Gasteiger partial charge in [0.25, 0.3) is 0 Å². The summed E-state index contributed by atoms with van der Waals surface area (Å²) in [5.41, 5.74) is 3.51. The van der Waals surface area contributed by atoms with Crippen molar-refractivity contribution < 1.29 is 9.13 Å². The molecule has 1 aliphatic heterocycles. The van der Waals surface area contributed by atoms with Crippen LogP contribution in [0.15, 0.2) is 53.5 Å². The van der Waals surface area contributed by atoms with Gasteiger partial charge in [0, 0.05) is 32.7 Å². The van der Waals surface area contributed by atoms with Gasteiger partial charge in [-0.3, -0.25) is 4.99 Å². The van der Waals surface area contributed by atoms with Crippen LogP contribution in [0.25, 0.3) is 0 Å². The molecule has 0 radical (unpaired) electrons. The molecule has 0 spiro atoms. The summed E-state index contributed by atoms with van der Waals surface area (Å²) in [6.45, 7) is 4.30. The molecule has 0 aliphatic carbocycles. The Morgan fingerprint density at radius 1 is 1.11 bits per heavy atom. The molecule has 4 nitrogen and oxygen atoms in total. The molecular formula is C22H28FN3O. The van der Waals surface area contributed by atoms with Crippen LogP contribution < -0.4 is 10.6 Å². The van der Waals surface area contributed by atoms with E-state index in [1.807, 2.05) is 0 Å². The van der Waals surface area contributed by atoms with Gasteiger partial charge in [-0.05, 0) is 43.0 Å². The lowest BCUT2D eigenvalue weighted by Gasteiger charge is -2.32.